The molecule has 0 radical (unpaired) electrons. The van der Waals surface area contributed by atoms with Gasteiger partial charge in [0.05, 0.1) is 10.0 Å². The average molecular weight is 406 g/mol. The fraction of sp³-hybridized carbons (Fsp3) is 0.188. The average Bonchev–Trinajstić information content (AvgIpc) is 3.28. The number of rotatable bonds is 6. The molecule has 0 spiro atoms. The van der Waals surface area contributed by atoms with Crippen molar-refractivity contribution in [2.75, 3.05) is 20.0 Å². The molecule has 4 rings (SSSR count). The second kappa shape index (κ2) is 6.98. The minimum atomic E-state index is 0.223. The van der Waals surface area contributed by atoms with Gasteiger partial charge in [-0.1, -0.05) is 6.07 Å². The Labute approximate surface area is 150 Å². The predicted molar refractivity (Wildman–Crippen MR) is 88.8 cm³/mol. The molecule has 128 valence electrons. The Kier molecular flexibility index (Phi) is 4.38. The van der Waals surface area contributed by atoms with Gasteiger partial charge in [-0.3, -0.25) is 0 Å². The van der Waals surface area contributed by atoms with Crippen LogP contribution in [0.2, 0.25) is 0 Å². The molecule has 2 aromatic heterocycles. The van der Waals surface area contributed by atoms with Gasteiger partial charge in [0.15, 0.2) is 11.5 Å². The third kappa shape index (κ3) is 3.50. The monoisotopic (exact) mass is 405 g/mol. The first kappa shape index (κ1) is 15.7. The van der Waals surface area contributed by atoms with Gasteiger partial charge in [-0.2, -0.15) is 0 Å². The molecule has 25 heavy (non-hydrogen) atoms. The lowest BCUT2D eigenvalue weighted by molar-refractivity contribution is 0.174. The fourth-order valence-corrected chi connectivity index (χ4v) is 2.44. The summed E-state index contributed by atoms with van der Waals surface area (Å²) in [5.74, 6) is 1.77. The third-order valence-electron chi connectivity index (χ3n) is 3.37. The Morgan fingerprint density at radius 3 is 2.72 bits per heavy atom. The van der Waals surface area contributed by atoms with Crippen molar-refractivity contribution in [2.24, 2.45) is 0 Å². The van der Waals surface area contributed by atoms with Crippen molar-refractivity contribution in [3.05, 3.63) is 41.3 Å². The molecule has 0 amide bonds. The van der Waals surface area contributed by atoms with Gasteiger partial charge in [0.25, 0.3) is 5.88 Å². The zero-order valence-electron chi connectivity index (χ0n) is 12.8. The highest BCUT2D eigenvalue weighted by molar-refractivity contribution is 9.10. The lowest BCUT2D eigenvalue weighted by Crippen LogP contribution is -2.11. The number of nitrogens with zero attached hydrogens (tertiary/aromatic N) is 3. The molecule has 3 heterocycles. The molecule has 1 aromatic carbocycles. The Hall–Kier alpha value is -2.81. The van der Waals surface area contributed by atoms with Gasteiger partial charge in [-0.25, -0.2) is 9.97 Å². The van der Waals surface area contributed by atoms with Crippen molar-refractivity contribution < 1.29 is 23.5 Å². The number of aromatic nitrogens is 3. The molecule has 1 aliphatic heterocycles. The Morgan fingerprint density at radius 2 is 1.84 bits per heavy atom. The van der Waals surface area contributed by atoms with Crippen LogP contribution in [0.5, 0.6) is 23.4 Å². The lowest BCUT2D eigenvalue weighted by Gasteiger charge is -2.06. The molecule has 0 aliphatic carbocycles. The normalized spacial score (nSPS) is 12.2. The smallest absolute Gasteiger partial charge is 0.316 e. The van der Waals surface area contributed by atoms with Crippen LogP contribution in [0.15, 0.2) is 45.9 Å². The van der Waals surface area contributed by atoms with E-state index >= 15 is 0 Å². The largest absolute Gasteiger partial charge is 0.471 e. The van der Waals surface area contributed by atoms with Crippen LogP contribution in [0.3, 0.4) is 0 Å². The van der Waals surface area contributed by atoms with Gasteiger partial charge in [0.2, 0.25) is 6.79 Å². The van der Waals surface area contributed by atoms with Crippen LogP contribution in [-0.2, 0) is 0 Å². The molecule has 0 saturated carbocycles. The third-order valence-corrected chi connectivity index (χ3v) is 3.78. The van der Waals surface area contributed by atoms with E-state index in [1.807, 2.05) is 18.2 Å². The van der Waals surface area contributed by atoms with Gasteiger partial charge in [-0.15, -0.1) is 0 Å². The first-order valence-corrected chi connectivity index (χ1v) is 8.16. The minimum Gasteiger partial charge on any atom is -0.471 e. The summed E-state index contributed by atoms with van der Waals surface area (Å²) in [4.78, 5) is 8.03. The van der Waals surface area contributed by atoms with Crippen LogP contribution in [0.4, 0.5) is 0 Å². The van der Waals surface area contributed by atoms with Crippen molar-refractivity contribution in [1.82, 2.24) is 15.1 Å². The SMILES string of the molecule is Brc1cnc(OCCOc2nocc2-c2ccc3c(c2)OCO3)nc1. The van der Waals surface area contributed by atoms with E-state index in [-0.39, 0.29) is 26.0 Å². The summed E-state index contributed by atoms with van der Waals surface area (Å²) in [6.07, 6.45) is 4.74. The van der Waals surface area contributed by atoms with E-state index in [0.717, 1.165) is 15.6 Å². The summed E-state index contributed by atoms with van der Waals surface area (Å²) < 4.78 is 27.5. The maximum atomic E-state index is 5.63. The second-order valence-corrected chi connectivity index (χ2v) is 5.90. The zero-order chi connectivity index (χ0) is 17.1. The summed E-state index contributed by atoms with van der Waals surface area (Å²) >= 11 is 3.26. The molecule has 8 nitrogen and oxygen atoms in total. The molecule has 1 aliphatic rings. The Bertz CT molecular complexity index is 868. The first-order chi connectivity index (χ1) is 12.3. The molecule has 0 bridgehead atoms. The van der Waals surface area contributed by atoms with Crippen LogP contribution < -0.4 is 18.9 Å². The second-order valence-electron chi connectivity index (χ2n) is 4.98. The van der Waals surface area contributed by atoms with E-state index in [1.165, 1.54) is 6.26 Å². The van der Waals surface area contributed by atoms with Gasteiger partial charge in [-0.05, 0) is 38.8 Å². The number of ether oxygens (including phenoxy) is 4. The molecule has 0 unspecified atom stereocenters. The topological polar surface area (TPSA) is 88.7 Å². The van der Waals surface area contributed by atoms with Crippen LogP contribution in [0, 0.1) is 0 Å². The van der Waals surface area contributed by atoms with Crippen molar-refractivity contribution in [3.8, 4) is 34.5 Å². The van der Waals surface area contributed by atoms with Crippen molar-refractivity contribution in [1.29, 1.82) is 0 Å². The van der Waals surface area contributed by atoms with Crippen LogP contribution in [0.25, 0.3) is 11.1 Å². The molecule has 3 aromatic rings. The van der Waals surface area contributed by atoms with Crippen molar-refractivity contribution >= 4 is 15.9 Å². The van der Waals surface area contributed by atoms with Crippen LogP contribution in [0.1, 0.15) is 0 Å². The first-order valence-electron chi connectivity index (χ1n) is 7.37. The Morgan fingerprint density at radius 1 is 1.04 bits per heavy atom. The van der Waals surface area contributed by atoms with Crippen molar-refractivity contribution in [2.45, 2.75) is 0 Å². The molecule has 0 saturated heterocycles. The summed E-state index contributed by atoms with van der Waals surface area (Å²) in [5.41, 5.74) is 1.58. The van der Waals surface area contributed by atoms with Gasteiger partial charge < -0.3 is 23.5 Å². The fourth-order valence-electron chi connectivity index (χ4n) is 2.23. The van der Waals surface area contributed by atoms with Gasteiger partial charge in [0, 0.05) is 12.4 Å². The standard InChI is InChI=1S/C16H12BrN3O5/c17-11-6-18-16(19-7-11)22-4-3-21-15-12(8-25-20-15)10-1-2-13-14(5-10)24-9-23-13/h1-2,5-8H,3-4,9H2. The van der Waals surface area contributed by atoms with E-state index in [9.17, 15) is 0 Å². The number of hydrogen-bond donors (Lipinski definition) is 0. The van der Waals surface area contributed by atoms with E-state index in [2.05, 4.69) is 31.1 Å². The molecular weight excluding hydrogens is 394 g/mol. The Balaban J connectivity index is 1.38. The number of benzene rings is 1. The maximum absolute atomic E-state index is 5.63. The number of halogens is 1. The van der Waals surface area contributed by atoms with E-state index < -0.39 is 0 Å². The molecule has 0 N–H and O–H groups in total. The summed E-state index contributed by atoms with van der Waals surface area (Å²) in [7, 11) is 0. The van der Waals surface area contributed by atoms with E-state index in [0.29, 0.717) is 17.4 Å². The van der Waals surface area contributed by atoms with Crippen molar-refractivity contribution in [3.63, 3.8) is 0 Å². The summed E-state index contributed by atoms with van der Waals surface area (Å²) in [5, 5.41) is 3.88. The lowest BCUT2D eigenvalue weighted by atomic mass is 10.1. The van der Waals surface area contributed by atoms with Gasteiger partial charge >= 0.3 is 6.01 Å². The zero-order valence-corrected chi connectivity index (χ0v) is 14.4. The minimum absolute atomic E-state index is 0.223. The van der Waals surface area contributed by atoms with E-state index in [1.54, 1.807) is 12.4 Å². The van der Waals surface area contributed by atoms with Gasteiger partial charge in [0.1, 0.15) is 19.5 Å². The quantitative estimate of drug-likeness (QED) is 0.578. The van der Waals surface area contributed by atoms with Crippen LogP contribution >= 0.6 is 15.9 Å². The summed E-state index contributed by atoms with van der Waals surface area (Å²) in [6, 6.07) is 5.86. The highest BCUT2D eigenvalue weighted by Crippen LogP contribution is 2.38. The molecular formula is C16H12BrN3O5. The number of hydrogen-bond acceptors (Lipinski definition) is 8. The maximum Gasteiger partial charge on any atom is 0.316 e. The molecule has 9 heteroatoms. The number of fused-ring (bicyclic) bond motifs is 1. The van der Waals surface area contributed by atoms with E-state index in [4.69, 9.17) is 23.5 Å². The molecule has 0 fully saturated rings. The molecule has 0 atom stereocenters. The summed E-state index contributed by atoms with van der Waals surface area (Å²) in [6.45, 7) is 0.764. The van der Waals surface area contributed by atoms with Crippen LogP contribution in [-0.4, -0.2) is 35.1 Å². The highest BCUT2D eigenvalue weighted by atomic mass is 79.9. The highest BCUT2D eigenvalue weighted by Gasteiger charge is 2.17. The predicted octanol–water partition coefficient (Wildman–Crippen LogP) is 3.08.